The van der Waals surface area contributed by atoms with Crippen molar-refractivity contribution in [2.24, 2.45) is 0 Å². The van der Waals surface area contributed by atoms with Crippen LogP contribution in [0.2, 0.25) is 0 Å². The summed E-state index contributed by atoms with van der Waals surface area (Å²) < 4.78 is 17.3. The molecule has 0 aliphatic heterocycles. The molecule has 64 heavy (non-hydrogen) atoms. The average Bonchev–Trinajstić information content (AvgIpc) is 3.30. The Morgan fingerprint density at radius 1 is 0.375 bits per heavy atom. The number of hydrogen-bond acceptors (Lipinski definition) is 5. The topological polar surface area (TPSA) is 61.8 Å². The molecule has 0 bridgehead atoms. The van der Waals surface area contributed by atoms with Gasteiger partial charge in [0.2, 0.25) is 0 Å². The van der Waals surface area contributed by atoms with Gasteiger partial charge >= 0.3 is 11.9 Å². The van der Waals surface area contributed by atoms with Gasteiger partial charge in [-0.1, -0.05) is 221 Å². The minimum Gasteiger partial charge on any atom is -0.461 e. The Labute approximate surface area is 396 Å². The van der Waals surface area contributed by atoms with Crippen LogP contribution in [0.5, 0.6) is 0 Å². The maximum atomic E-state index is 12.8. The summed E-state index contributed by atoms with van der Waals surface area (Å²) in [5.41, 5.74) is 0. The summed E-state index contributed by atoms with van der Waals surface area (Å²) in [5.74, 6) is -0.562. The van der Waals surface area contributed by atoms with Crippen LogP contribution >= 0.6 is 0 Å². The lowest BCUT2D eigenvalue weighted by atomic mass is 10.1. The largest absolute Gasteiger partial charge is 0.461 e. The molecule has 0 N–H and O–H groups in total. The van der Waals surface area contributed by atoms with Crippen LogP contribution in [0.1, 0.15) is 239 Å². The minimum atomic E-state index is -0.590. The van der Waals surface area contributed by atoms with Crippen molar-refractivity contribution in [3.63, 3.8) is 0 Å². The molecule has 0 aromatic heterocycles. The van der Waals surface area contributed by atoms with Crippen molar-refractivity contribution in [2.75, 3.05) is 19.8 Å². The highest BCUT2D eigenvalue weighted by molar-refractivity contribution is 5.71. The summed E-state index contributed by atoms with van der Waals surface area (Å²) in [7, 11) is 0. The number of carbonyl (C=O) groups is 2. The normalized spacial score (nSPS) is 13.0. The smallest absolute Gasteiger partial charge is 0.309 e. The van der Waals surface area contributed by atoms with Crippen molar-refractivity contribution >= 4 is 11.9 Å². The number of hydrogen-bond donors (Lipinski definition) is 0. The quantitative estimate of drug-likeness (QED) is 0.0346. The molecule has 366 valence electrons. The highest BCUT2D eigenvalue weighted by atomic mass is 16.6. The zero-order valence-corrected chi connectivity index (χ0v) is 42.0. The van der Waals surface area contributed by atoms with Gasteiger partial charge in [0, 0.05) is 13.0 Å². The molecule has 0 radical (unpaired) electrons. The standard InChI is InChI=1S/C59H100O5/c1-4-7-10-13-16-19-22-25-28-29-30-33-36-39-42-45-48-51-54-62-55-57(64-59(61)53-50-47-44-41-38-35-32-27-24-21-18-15-12-9-6-3)56-63-58(60)52-49-46-43-40-37-34-31-26-23-20-17-14-11-8-5-2/h8,11,17-18,20-21,25-28,31-32,37,40,46,49,57H,4-7,9-10,12-16,19,22-24,29-30,33-36,38-39,41-45,47-48,50-56H2,1-3H3/b11-8-,20-17-,21-18-,28-25-,31-26-,32-27-,40-37-,49-46-. The highest BCUT2D eigenvalue weighted by Gasteiger charge is 2.17. The first-order chi connectivity index (χ1) is 31.6. The summed E-state index contributed by atoms with van der Waals surface area (Å²) in [6.07, 6.45) is 73.0. The Morgan fingerprint density at radius 2 is 0.750 bits per heavy atom. The van der Waals surface area contributed by atoms with Crippen molar-refractivity contribution in [3.8, 4) is 0 Å². The summed E-state index contributed by atoms with van der Waals surface area (Å²) in [4.78, 5) is 25.4. The fourth-order valence-corrected chi connectivity index (χ4v) is 7.14. The number of allylic oxidation sites excluding steroid dienone is 15. The zero-order chi connectivity index (χ0) is 46.3. The molecule has 0 aliphatic carbocycles. The molecule has 0 aromatic rings. The van der Waals surface area contributed by atoms with Crippen LogP contribution in [0.4, 0.5) is 0 Å². The molecule has 1 unspecified atom stereocenters. The Kier molecular flexibility index (Phi) is 51.5. The van der Waals surface area contributed by atoms with Crippen LogP contribution in [0.3, 0.4) is 0 Å². The molecule has 0 fully saturated rings. The van der Waals surface area contributed by atoms with E-state index in [1.807, 2.05) is 12.2 Å². The van der Waals surface area contributed by atoms with Crippen molar-refractivity contribution in [3.05, 3.63) is 97.2 Å². The Balaban J connectivity index is 4.41. The molecule has 0 heterocycles. The molecule has 5 heteroatoms. The number of rotatable bonds is 48. The van der Waals surface area contributed by atoms with Gasteiger partial charge in [0.05, 0.1) is 13.0 Å². The molecular weight excluding hydrogens is 789 g/mol. The van der Waals surface area contributed by atoms with Crippen LogP contribution in [0, 0.1) is 0 Å². The first kappa shape index (κ1) is 60.8. The van der Waals surface area contributed by atoms with Crippen molar-refractivity contribution in [1.82, 2.24) is 0 Å². The fraction of sp³-hybridized carbons (Fsp3) is 0.695. The number of esters is 2. The third-order valence-corrected chi connectivity index (χ3v) is 11.1. The summed E-state index contributed by atoms with van der Waals surface area (Å²) in [6, 6.07) is 0. The van der Waals surface area contributed by atoms with E-state index in [-0.39, 0.29) is 31.6 Å². The van der Waals surface area contributed by atoms with E-state index in [2.05, 4.69) is 106 Å². The van der Waals surface area contributed by atoms with Crippen LogP contribution in [-0.4, -0.2) is 37.9 Å². The van der Waals surface area contributed by atoms with Gasteiger partial charge in [-0.3, -0.25) is 9.59 Å². The van der Waals surface area contributed by atoms with Crippen LogP contribution in [0.15, 0.2) is 97.2 Å². The molecule has 1 atom stereocenters. The van der Waals surface area contributed by atoms with Gasteiger partial charge in [-0.05, 0) is 103 Å². The third kappa shape index (κ3) is 51.5. The van der Waals surface area contributed by atoms with Gasteiger partial charge in [-0.25, -0.2) is 0 Å². The predicted molar refractivity (Wildman–Crippen MR) is 279 cm³/mol. The molecule has 0 saturated heterocycles. The second-order valence-electron chi connectivity index (χ2n) is 17.4. The first-order valence-electron chi connectivity index (χ1n) is 26.8. The van der Waals surface area contributed by atoms with Crippen LogP contribution < -0.4 is 0 Å². The number of ether oxygens (including phenoxy) is 3. The average molecular weight is 889 g/mol. The molecule has 0 spiro atoms. The summed E-state index contributed by atoms with van der Waals surface area (Å²) in [5, 5.41) is 0. The van der Waals surface area contributed by atoms with E-state index in [4.69, 9.17) is 14.2 Å². The maximum Gasteiger partial charge on any atom is 0.309 e. The first-order valence-corrected chi connectivity index (χ1v) is 26.8. The number of carbonyl (C=O) groups excluding carboxylic acids is 2. The second kappa shape index (κ2) is 54.2. The molecule has 0 rings (SSSR count). The predicted octanol–water partition coefficient (Wildman–Crippen LogP) is 18.2. The molecular formula is C59H100O5. The Bertz CT molecular complexity index is 1230. The van der Waals surface area contributed by atoms with E-state index in [9.17, 15) is 9.59 Å². The summed E-state index contributed by atoms with van der Waals surface area (Å²) in [6.45, 7) is 7.56. The van der Waals surface area contributed by atoms with Gasteiger partial charge in [0.15, 0.2) is 6.10 Å². The minimum absolute atomic E-state index is 0.0202. The molecule has 0 amide bonds. The third-order valence-electron chi connectivity index (χ3n) is 11.1. The lowest BCUT2D eigenvalue weighted by Crippen LogP contribution is -2.30. The number of unbranched alkanes of at least 4 members (excludes halogenated alkanes) is 22. The molecule has 0 saturated carbocycles. The van der Waals surface area contributed by atoms with E-state index in [0.29, 0.717) is 13.0 Å². The second-order valence-corrected chi connectivity index (χ2v) is 17.4. The van der Waals surface area contributed by atoms with Crippen molar-refractivity contribution in [1.29, 1.82) is 0 Å². The van der Waals surface area contributed by atoms with Gasteiger partial charge in [0.1, 0.15) is 6.61 Å². The molecule has 5 nitrogen and oxygen atoms in total. The fourth-order valence-electron chi connectivity index (χ4n) is 7.14. The van der Waals surface area contributed by atoms with Gasteiger partial charge in [-0.15, -0.1) is 0 Å². The Morgan fingerprint density at radius 3 is 1.25 bits per heavy atom. The van der Waals surface area contributed by atoms with E-state index < -0.39 is 6.10 Å². The highest BCUT2D eigenvalue weighted by Crippen LogP contribution is 2.13. The van der Waals surface area contributed by atoms with Crippen LogP contribution in [0.25, 0.3) is 0 Å². The summed E-state index contributed by atoms with van der Waals surface area (Å²) >= 11 is 0. The van der Waals surface area contributed by atoms with Crippen molar-refractivity contribution in [2.45, 2.75) is 245 Å². The van der Waals surface area contributed by atoms with Crippen LogP contribution in [-0.2, 0) is 23.8 Å². The zero-order valence-electron chi connectivity index (χ0n) is 42.0. The lowest BCUT2D eigenvalue weighted by molar-refractivity contribution is -0.162. The SMILES string of the molecule is CC/C=C\C/C=C\C/C=C\C/C=C\C/C=C\CC(=O)OCC(COCCCCCCCCCC/C=C\CCCCCCCC)OC(=O)CCCCCCC/C=C\C/C=C\CCCCC. The Hall–Kier alpha value is -3.18. The monoisotopic (exact) mass is 889 g/mol. The molecule has 0 aromatic carbocycles. The van der Waals surface area contributed by atoms with Crippen molar-refractivity contribution < 1.29 is 23.8 Å². The van der Waals surface area contributed by atoms with Gasteiger partial charge in [0.25, 0.3) is 0 Å². The van der Waals surface area contributed by atoms with E-state index in [0.717, 1.165) is 77.0 Å². The maximum absolute atomic E-state index is 12.8. The van der Waals surface area contributed by atoms with E-state index >= 15 is 0 Å². The van der Waals surface area contributed by atoms with Gasteiger partial charge in [-0.2, -0.15) is 0 Å². The van der Waals surface area contributed by atoms with E-state index in [1.165, 1.54) is 128 Å². The molecule has 0 aliphatic rings. The van der Waals surface area contributed by atoms with E-state index in [1.54, 1.807) is 0 Å². The van der Waals surface area contributed by atoms with Gasteiger partial charge < -0.3 is 14.2 Å². The lowest BCUT2D eigenvalue weighted by Gasteiger charge is -2.18.